The standard InChI is InChI=1S/C18H34BrN5O3/c1-2-3-4-5-6-7-8-9-10-11-14-26-15-12-13-20-17(25)22-23-18-21-16(19)24-27-18/h2-15H2,1H3,(H2,20,22,25)(H,21,23,24). The molecule has 9 heteroatoms. The zero-order valence-electron chi connectivity index (χ0n) is 16.4. The van der Waals surface area contributed by atoms with Gasteiger partial charge in [0.25, 0.3) is 0 Å². The number of halogens is 1. The summed E-state index contributed by atoms with van der Waals surface area (Å²) < 4.78 is 10.7. The lowest BCUT2D eigenvalue weighted by molar-refractivity contribution is 0.127. The number of hydrazine groups is 1. The number of ether oxygens (including phenoxy) is 1. The highest BCUT2D eigenvalue weighted by molar-refractivity contribution is 9.10. The number of hydrogen-bond donors (Lipinski definition) is 3. The summed E-state index contributed by atoms with van der Waals surface area (Å²) >= 11 is 3.04. The molecule has 0 fully saturated rings. The van der Waals surface area contributed by atoms with Crippen molar-refractivity contribution in [1.29, 1.82) is 0 Å². The van der Waals surface area contributed by atoms with Gasteiger partial charge in [-0.25, -0.2) is 15.6 Å². The maximum atomic E-state index is 11.5. The van der Waals surface area contributed by atoms with Crippen LogP contribution in [-0.4, -0.2) is 35.9 Å². The Morgan fingerprint density at radius 2 is 1.63 bits per heavy atom. The number of rotatable bonds is 17. The van der Waals surface area contributed by atoms with Crippen LogP contribution in [0.1, 0.15) is 77.6 Å². The number of carbonyl (C=O) groups excluding carboxylic acids is 1. The number of amides is 2. The van der Waals surface area contributed by atoms with E-state index in [4.69, 9.17) is 9.26 Å². The van der Waals surface area contributed by atoms with Crippen molar-refractivity contribution in [3.8, 4) is 0 Å². The predicted octanol–water partition coefficient (Wildman–Crippen LogP) is 4.79. The molecule has 0 spiro atoms. The zero-order valence-corrected chi connectivity index (χ0v) is 18.0. The van der Waals surface area contributed by atoms with Crippen molar-refractivity contribution in [3.05, 3.63) is 4.73 Å². The summed E-state index contributed by atoms with van der Waals surface area (Å²) in [6.07, 6.45) is 14.0. The van der Waals surface area contributed by atoms with Crippen LogP contribution in [-0.2, 0) is 4.74 Å². The zero-order chi connectivity index (χ0) is 19.6. The Bertz CT molecular complexity index is 487. The van der Waals surface area contributed by atoms with Crippen LogP contribution in [0, 0.1) is 0 Å². The second-order valence-electron chi connectivity index (χ2n) is 6.52. The van der Waals surface area contributed by atoms with Crippen molar-refractivity contribution in [2.45, 2.75) is 77.6 Å². The van der Waals surface area contributed by atoms with E-state index in [0.29, 0.717) is 17.9 Å². The van der Waals surface area contributed by atoms with Crippen LogP contribution in [0.3, 0.4) is 0 Å². The maximum absolute atomic E-state index is 11.5. The molecule has 0 saturated carbocycles. The fourth-order valence-corrected chi connectivity index (χ4v) is 2.81. The van der Waals surface area contributed by atoms with Gasteiger partial charge in [-0.2, -0.15) is 4.98 Å². The van der Waals surface area contributed by atoms with Crippen LogP contribution in [0.4, 0.5) is 10.8 Å². The van der Waals surface area contributed by atoms with E-state index in [2.05, 4.69) is 49.2 Å². The monoisotopic (exact) mass is 447 g/mol. The first-order valence-electron chi connectivity index (χ1n) is 10.1. The highest BCUT2D eigenvalue weighted by Gasteiger charge is 2.04. The molecule has 0 atom stereocenters. The average Bonchev–Trinajstić information content (AvgIpc) is 3.08. The van der Waals surface area contributed by atoms with Gasteiger partial charge >= 0.3 is 12.0 Å². The summed E-state index contributed by atoms with van der Waals surface area (Å²) in [5, 5.41) is 6.23. The van der Waals surface area contributed by atoms with Gasteiger partial charge in [0.1, 0.15) is 0 Å². The van der Waals surface area contributed by atoms with Crippen LogP contribution in [0.15, 0.2) is 9.26 Å². The van der Waals surface area contributed by atoms with Crippen molar-refractivity contribution >= 4 is 28.0 Å². The van der Waals surface area contributed by atoms with Crippen LogP contribution in [0.2, 0.25) is 0 Å². The summed E-state index contributed by atoms with van der Waals surface area (Å²) in [7, 11) is 0. The van der Waals surface area contributed by atoms with Gasteiger partial charge in [-0.3, -0.25) is 0 Å². The Kier molecular flexibility index (Phi) is 14.7. The lowest BCUT2D eigenvalue weighted by Crippen LogP contribution is -2.39. The van der Waals surface area contributed by atoms with E-state index in [1.54, 1.807) is 0 Å². The summed E-state index contributed by atoms with van der Waals surface area (Å²) in [5.41, 5.74) is 4.91. The molecule has 156 valence electrons. The topological polar surface area (TPSA) is 101 Å². The molecule has 0 radical (unpaired) electrons. The van der Waals surface area contributed by atoms with E-state index in [9.17, 15) is 4.79 Å². The van der Waals surface area contributed by atoms with E-state index in [1.807, 2.05) is 0 Å². The van der Waals surface area contributed by atoms with E-state index in [-0.39, 0.29) is 12.0 Å². The van der Waals surface area contributed by atoms with Crippen molar-refractivity contribution in [3.63, 3.8) is 0 Å². The molecular formula is C18H34BrN5O3. The van der Waals surface area contributed by atoms with E-state index < -0.39 is 0 Å². The highest BCUT2D eigenvalue weighted by Crippen LogP contribution is 2.10. The first-order valence-corrected chi connectivity index (χ1v) is 10.9. The van der Waals surface area contributed by atoms with Gasteiger partial charge in [-0.15, -0.1) is 0 Å². The normalized spacial score (nSPS) is 10.7. The first-order chi connectivity index (χ1) is 13.2. The molecule has 27 heavy (non-hydrogen) atoms. The van der Waals surface area contributed by atoms with Gasteiger partial charge in [-0.1, -0.05) is 64.7 Å². The Balaban J connectivity index is 1.76. The third kappa shape index (κ3) is 14.4. The second-order valence-corrected chi connectivity index (χ2v) is 7.23. The number of unbranched alkanes of at least 4 members (excludes halogenated alkanes) is 9. The molecule has 0 aliphatic heterocycles. The maximum Gasteiger partial charge on any atom is 0.340 e. The Labute approximate surface area is 170 Å². The van der Waals surface area contributed by atoms with E-state index >= 15 is 0 Å². The predicted molar refractivity (Wildman–Crippen MR) is 109 cm³/mol. The number of anilines is 1. The minimum Gasteiger partial charge on any atom is -0.381 e. The molecule has 0 aromatic carbocycles. The Morgan fingerprint density at radius 3 is 2.26 bits per heavy atom. The molecule has 1 aromatic rings. The number of urea groups is 1. The first kappa shape index (κ1) is 23.7. The number of carbonyl (C=O) groups is 1. The minimum absolute atomic E-state index is 0.108. The van der Waals surface area contributed by atoms with Gasteiger partial charge in [-0.05, 0) is 33.9 Å². The van der Waals surface area contributed by atoms with Crippen LogP contribution in [0.5, 0.6) is 0 Å². The third-order valence-corrected chi connectivity index (χ3v) is 4.40. The lowest BCUT2D eigenvalue weighted by Gasteiger charge is -2.07. The average molecular weight is 448 g/mol. The van der Waals surface area contributed by atoms with Gasteiger partial charge in [0.15, 0.2) is 0 Å². The van der Waals surface area contributed by atoms with Gasteiger partial charge in [0, 0.05) is 19.8 Å². The molecule has 1 heterocycles. The van der Waals surface area contributed by atoms with Crippen LogP contribution < -0.4 is 16.2 Å². The van der Waals surface area contributed by atoms with E-state index in [0.717, 1.165) is 19.4 Å². The summed E-state index contributed by atoms with van der Waals surface area (Å²) in [6, 6.07) is -0.254. The van der Waals surface area contributed by atoms with Crippen molar-refractivity contribution < 1.29 is 14.1 Å². The quantitative estimate of drug-likeness (QED) is 0.234. The van der Waals surface area contributed by atoms with Crippen molar-refractivity contribution in [2.24, 2.45) is 0 Å². The fourth-order valence-electron chi connectivity index (χ4n) is 2.58. The number of aromatic nitrogens is 2. The van der Waals surface area contributed by atoms with Crippen LogP contribution >= 0.6 is 15.9 Å². The molecule has 0 saturated heterocycles. The van der Waals surface area contributed by atoms with Crippen molar-refractivity contribution in [1.82, 2.24) is 20.9 Å². The highest BCUT2D eigenvalue weighted by atomic mass is 79.9. The number of hydrogen-bond acceptors (Lipinski definition) is 6. The van der Waals surface area contributed by atoms with Gasteiger partial charge in [0.05, 0.1) is 0 Å². The van der Waals surface area contributed by atoms with Gasteiger partial charge in [0.2, 0.25) is 4.73 Å². The summed E-state index contributed by atoms with van der Waals surface area (Å²) in [5.74, 6) is 0. The molecule has 0 bridgehead atoms. The summed E-state index contributed by atoms with van der Waals surface area (Å²) in [6.45, 7) is 4.25. The van der Waals surface area contributed by atoms with E-state index in [1.165, 1.54) is 57.8 Å². The number of nitrogens with one attached hydrogen (secondary N) is 3. The molecule has 0 aliphatic carbocycles. The lowest BCUT2D eigenvalue weighted by atomic mass is 10.1. The largest absolute Gasteiger partial charge is 0.381 e. The smallest absolute Gasteiger partial charge is 0.340 e. The summed E-state index contributed by atoms with van der Waals surface area (Å²) in [4.78, 5) is 15.4. The molecule has 2 amide bonds. The van der Waals surface area contributed by atoms with Gasteiger partial charge < -0.3 is 14.6 Å². The molecule has 1 aromatic heterocycles. The molecule has 0 aliphatic rings. The SMILES string of the molecule is CCCCCCCCCCCCOCCCNC(=O)NNc1nc(Br)no1. The number of nitrogens with zero attached hydrogens (tertiary/aromatic N) is 2. The van der Waals surface area contributed by atoms with Crippen LogP contribution in [0.25, 0.3) is 0 Å². The molecule has 1 rings (SSSR count). The Hall–Kier alpha value is -1.35. The molecule has 3 N–H and O–H groups in total. The van der Waals surface area contributed by atoms with Crippen molar-refractivity contribution in [2.75, 3.05) is 25.2 Å². The Morgan fingerprint density at radius 1 is 1.00 bits per heavy atom. The minimum atomic E-state index is -0.362. The molecule has 8 nitrogen and oxygen atoms in total. The third-order valence-electron chi connectivity index (χ3n) is 4.08. The molecule has 0 unspecified atom stereocenters. The fraction of sp³-hybridized carbons (Fsp3) is 0.833. The second kappa shape index (κ2) is 16.8. The molecular weight excluding hydrogens is 414 g/mol.